The maximum atomic E-state index is 10.6. The number of aromatic nitrogens is 1. The largest absolute Gasteiger partial charge is 0.477 e. The van der Waals surface area contributed by atoms with Crippen molar-refractivity contribution in [2.45, 2.75) is 0 Å². The Morgan fingerprint density at radius 2 is 2.27 bits per heavy atom. The van der Waals surface area contributed by atoms with E-state index in [-0.39, 0.29) is 16.8 Å². The first-order valence-electron chi connectivity index (χ1n) is 3.78. The van der Waals surface area contributed by atoms with Crippen molar-refractivity contribution in [2.24, 2.45) is 0 Å². The van der Waals surface area contributed by atoms with Gasteiger partial charge < -0.3 is 15.4 Å². The Hall–Kier alpha value is -2.51. The van der Waals surface area contributed by atoms with Gasteiger partial charge in [-0.1, -0.05) is 0 Å². The Morgan fingerprint density at radius 3 is 2.73 bits per heavy atom. The lowest BCUT2D eigenvalue weighted by molar-refractivity contribution is -0.401. The average molecular weight is 211 g/mol. The van der Waals surface area contributed by atoms with Gasteiger partial charge in [0.25, 0.3) is 0 Å². The molecule has 0 radical (unpaired) electrons. The third kappa shape index (κ3) is 1.19. The number of rotatable bonds is 2. The van der Waals surface area contributed by atoms with E-state index in [0.717, 1.165) is 16.8 Å². The van der Waals surface area contributed by atoms with Gasteiger partial charge in [0.05, 0.1) is 6.07 Å². The fraction of sp³-hybridized carbons (Fsp3) is 0. The Balaban J connectivity index is 2.67. The Labute approximate surface area is 81.6 Å². The third-order valence-corrected chi connectivity index (χ3v) is 1.91. The monoisotopic (exact) mass is 211 g/mol. The smallest absolute Gasteiger partial charge is 0.435 e. The van der Waals surface area contributed by atoms with E-state index in [0.29, 0.717) is 0 Å². The maximum Gasteiger partial charge on any atom is 0.435 e. The molecule has 0 atom stereocenters. The van der Waals surface area contributed by atoms with Crippen molar-refractivity contribution in [1.29, 1.82) is 0 Å². The standard InChI is InChI=1S/C7H5N3O5/c8-9-3-2-6(10(13)14)15-5(3)1-4(9)7(11)12/h1-2H,8H2,(H,11,12). The van der Waals surface area contributed by atoms with Gasteiger partial charge in [0.1, 0.15) is 10.4 Å². The van der Waals surface area contributed by atoms with E-state index >= 15 is 0 Å². The van der Waals surface area contributed by atoms with Gasteiger partial charge in [0.2, 0.25) is 0 Å². The fourth-order valence-electron chi connectivity index (χ4n) is 1.25. The molecule has 0 saturated carbocycles. The molecule has 0 bridgehead atoms. The molecule has 2 aromatic heterocycles. The second kappa shape index (κ2) is 2.74. The summed E-state index contributed by atoms with van der Waals surface area (Å²) in [6.07, 6.45) is 0. The lowest BCUT2D eigenvalue weighted by Crippen LogP contribution is -2.15. The van der Waals surface area contributed by atoms with Gasteiger partial charge in [0, 0.05) is 6.07 Å². The first-order valence-corrected chi connectivity index (χ1v) is 3.78. The van der Waals surface area contributed by atoms with Gasteiger partial charge in [0.15, 0.2) is 11.3 Å². The minimum Gasteiger partial charge on any atom is -0.477 e. The van der Waals surface area contributed by atoms with Crippen LogP contribution >= 0.6 is 0 Å². The van der Waals surface area contributed by atoms with E-state index in [4.69, 9.17) is 15.4 Å². The van der Waals surface area contributed by atoms with Crippen LogP contribution in [0.1, 0.15) is 10.5 Å². The van der Waals surface area contributed by atoms with Crippen LogP contribution < -0.4 is 5.84 Å². The lowest BCUT2D eigenvalue weighted by atomic mass is 10.4. The quantitative estimate of drug-likeness (QED) is 0.424. The summed E-state index contributed by atoms with van der Waals surface area (Å²) in [5.74, 6) is 3.70. The second-order valence-electron chi connectivity index (χ2n) is 2.80. The third-order valence-electron chi connectivity index (χ3n) is 1.91. The highest BCUT2D eigenvalue weighted by Gasteiger charge is 2.21. The van der Waals surface area contributed by atoms with Crippen molar-refractivity contribution in [3.05, 3.63) is 27.9 Å². The summed E-state index contributed by atoms with van der Waals surface area (Å²) in [7, 11) is 0. The lowest BCUT2D eigenvalue weighted by Gasteiger charge is -1.95. The van der Waals surface area contributed by atoms with Crippen LogP contribution in [0.2, 0.25) is 0 Å². The predicted molar refractivity (Wildman–Crippen MR) is 48.0 cm³/mol. The molecule has 0 unspecified atom stereocenters. The van der Waals surface area contributed by atoms with Crippen LogP contribution in [0.25, 0.3) is 11.1 Å². The number of fused-ring (bicyclic) bond motifs is 1. The van der Waals surface area contributed by atoms with E-state index in [1.807, 2.05) is 0 Å². The summed E-state index contributed by atoms with van der Waals surface area (Å²) in [5, 5.41) is 19.0. The minimum atomic E-state index is -1.23. The molecule has 0 spiro atoms. The molecule has 0 aliphatic carbocycles. The first-order chi connectivity index (χ1) is 7.00. The Morgan fingerprint density at radius 1 is 1.60 bits per heavy atom. The number of carboxylic acid groups (broad SMARTS) is 1. The van der Waals surface area contributed by atoms with Gasteiger partial charge in [-0.2, -0.15) is 0 Å². The normalized spacial score (nSPS) is 10.7. The van der Waals surface area contributed by atoms with Crippen LogP contribution in [0, 0.1) is 10.1 Å². The van der Waals surface area contributed by atoms with Crippen molar-refractivity contribution in [2.75, 3.05) is 5.84 Å². The van der Waals surface area contributed by atoms with Crippen LogP contribution in [0.3, 0.4) is 0 Å². The maximum absolute atomic E-state index is 10.6. The fourth-order valence-corrected chi connectivity index (χ4v) is 1.25. The van der Waals surface area contributed by atoms with Gasteiger partial charge >= 0.3 is 11.9 Å². The van der Waals surface area contributed by atoms with Crippen molar-refractivity contribution < 1.29 is 19.2 Å². The van der Waals surface area contributed by atoms with Crippen LogP contribution in [0.15, 0.2) is 16.5 Å². The van der Waals surface area contributed by atoms with Crippen LogP contribution in [-0.4, -0.2) is 20.7 Å². The molecule has 15 heavy (non-hydrogen) atoms. The van der Waals surface area contributed by atoms with Gasteiger partial charge in [-0.25, -0.2) is 4.79 Å². The highest BCUT2D eigenvalue weighted by Crippen LogP contribution is 2.26. The zero-order valence-electron chi connectivity index (χ0n) is 7.21. The van der Waals surface area contributed by atoms with Gasteiger partial charge in [-0.3, -0.25) is 14.8 Å². The molecule has 0 amide bonds. The molecule has 2 aromatic rings. The van der Waals surface area contributed by atoms with Gasteiger partial charge in [-0.15, -0.1) is 0 Å². The molecular weight excluding hydrogens is 206 g/mol. The number of hydrogen-bond acceptors (Lipinski definition) is 5. The molecule has 0 aliphatic heterocycles. The predicted octanol–water partition coefficient (Wildman–Crippen LogP) is 0.554. The molecule has 0 aromatic carbocycles. The summed E-state index contributed by atoms with van der Waals surface area (Å²) < 4.78 is 5.61. The number of nitrogen functional groups attached to an aromatic ring is 1. The van der Waals surface area contributed by atoms with Crippen LogP contribution in [0.4, 0.5) is 5.88 Å². The molecular formula is C7H5N3O5. The Bertz CT molecular complexity index is 566. The molecule has 2 heterocycles. The first kappa shape index (κ1) is 9.06. The summed E-state index contributed by atoms with van der Waals surface area (Å²) in [4.78, 5) is 20.3. The molecule has 0 aliphatic rings. The summed E-state index contributed by atoms with van der Waals surface area (Å²) in [6, 6.07) is 2.20. The second-order valence-corrected chi connectivity index (χ2v) is 2.80. The highest BCUT2D eigenvalue weighted by molar-refractivity contribution is 5.93. The van der Waals surface area contributed by atoms with Crippen LogP contribution in [0.5, 0.6) is 0 Å². The van der Waals surface area contributed by atoms with E-state index in [1.54, 1.807) is 0 Å². The minimum absolute atomic E-state index is 0.0709. The molecule has 3 N–H and O–H groups in total. The Kier molecular flexibility index (Phi) is 1.65. The number of carboxylic acids is 1. The topological polar surface area (TPSA) is 125 Å². The van der Waals surface area contributed by atoms with E-state index < -0.39 is 16.8 Å². The van der Waals surface area contributed by atoms with Crippen molar-refractivity contribution in [1.82, 2.24) is 4.68 Å². The number of nitro groups is 1. The molecule has 8 nitrogen and oxygen atoms in total. The number of nitrogens with two attached hydrogens (primary N) is 1. The summed E-state index contributed by atoms with van der Waals surface area (Å²) >= 11 is 0. The highest BCUT2D eigenvalue weighted by atomic mass is 16.6. The summed E-state index contributed by atoms with van der Waals surface area (Å²) in [6.45, 7) is 0. The van der Waals surface area contributed by atoms with E-state index in [1.165, 1.54) is 0 Å². The van der Waals surface area contributed by atoms with Crippen molar-refractivity contribution >= 4 is 23.0 Å². The molecule has 78 valence electrons. The number of nitrogens with zero attached hydrogens (tertiary/aromatic N) is 2. The van der Waals surface area contributed by atoms with Gasteiger partial charge in [-0.05, 0) is 0 Å². The van der Waals surface area contributed by atoms with Crippen molar-refractivity contribution in [3.8, 4) is 0 Å². The number of furan rings is 1. The molecule has 0 fully saturated rings. The zero-order valence-corrected chi connectivity index (χ0v) is 7.21. The summed E-state index contributed by atoms with van der Waals surface area (Å²) in [5.41, 5.74) is 0.0411. The molecule has 0 saturated heterocycles. The van der Waals surface area contributed by atoms with E-state index in [9.17, 15) is 14.9 Å². The number of aromatic carboxylic acids is 1. The molecule has 2 rings (SSSR count). The SMILES string of the molecule is Nn1c(C(=O)O)cc2oc([N+](=O)[O-])cc21. The number of hydrogen-bond donors (Lipinski definition) is 2. The van der Waals surface area contributed by atoms with Crippen LogP contribution in [-0.2, 0) is 0 Å². The van der Waals surface area contributed by atoms with Crippen molar-refractivity contribution in [3.63, 3.8) is 0 Å². The number of carbonyl (C=O) groups is 1. The molecule has 8 heteroatoms. The zero-order chi connectivity index (χ0) is 11.2. The van der Waals surface area contributed by atoms with E-state index in [2.05, 4.69) is 0 Å². The average Bonchev–Trinajstić information content (AvgIpc) is 2.65.